The second-order valence-electron chi connectivity index (χ2n) is 7.04. The summed E-state index contributed by atoms with van der Waals surface area (Å²) in [6, 6.07) is 0.307. The van der Waals surface area contributed by atoms with Gasteiger partial charge in [-0.15, -0.1) is 12.3 Å². The van der Waals surface area contributed by atoms with Crippen molar-refractivity contribution in [1.29, 1.82) is 0 Å². The van der Waals surface area contributed by atoms with Gasteiger partial charge in [0.2, 0.25) is 5.95 Å². The van der Waals surface area contributed by atoms with Crippen LogP contribution < -0.4 is 4.90 Å². The lowest BCUT2D eigenvalue weighted by atomic mass is 9.94. The fourth-order valence-corrected chi connectivity index (χ4v) is 3.62. The van der Waals surface area contributed by atoms with Crippen LogP contribution in [0.2, 0.25) is 0 Å². The lowest BCUT2D eigenvalue weighted by Gasteiger charge is -2.37. The molecular formula is C16H25N5O. The normalized spacial score (nSPS) is 28.3. The third kappa shape index (κ3) is 3.25. The van der Waals surface area contributed by atoms with Crippen LogP contribution in [0.25, 0.3) is 0 Å². The molecule has 2 aliphatic heterocycles. The van der Waals surface area contributed by atoms with Gasteiger partial charge in [-0.3, -0.25) is 0 Å². The Morgan fingerprint density at radius 2 is 2.27 bits per heavy atom. The standard InChI is InChI=1S/C16H25N5O/c1-4-6-13-7-5-9-20(12-13)15-17-18-19-21(15)14-8-10-22-16(2,3)11-14/h1,13-14H,5-12H2,2-3H3. The van der Waals surface area contributed by atoms with E-state index in [0.29, 0.717) is 12.0 Å². The molecule has 120 valence electrons. The van der Waals surface area contributed by atoms with E-state index in [2.05, 4.69) is 40.2 Å². The van der Waals surface area contributed by atoms with Crippen molar-refractivity contribution in [2.75, 3.05) is 24.6 Å². The predicted octanol–water partition coefficient (Wildman–Crippen LogP) is 2.04. The molecule has 0 spiro atoms. The maximum atomic E-state index is 5.81. The fourth-order valence-electron chi connectivity index (χ4n) is 3.62. The van der Waals surface area contributed by atoms with E-state index < -0.39 is 0 Å². The molecule has 6 heteroatoms. The van der Waals surface area contributed by atoms with Gasteiger partial charge in [-0.2, -0.15) is 0 Å². The van der Waals surface area contributed by atoms with Gasteiger partial charge in [-0.25, -0.2) is 4.68 Å². The Bertz CT molecular complexity index is 547. The summed E-state index contributed by atoms with van der Waals surface area (Å²) in [5.74, 6) is 4.23. The second-order valence-corrected chi connectivity index (χ2v) is 7.04. The highest BCUT2D eigenvalue weighted by molar-refractivity contribution is 5.30. The minimum Gasteiger partial charge on any atom is -0.375 e. The van der Waals surface area contributed by atoms with Crippen molar-refractivity contribution in [1.82, 2.24) is 20.2 Å². The van der Waals surface area contributed by atoms with E-state index in [0.717, 1.165) is 51.3 Å². The van der Waals surface area contributed by atoms with Gasteiger partial charge in [0, 0.05) is 26.1 Å². The number of piperidine rings is 1. The Morgan fingerprint density at radius 1 is 1.41 bits per heavy atom. The summed E-state index contributed by atoms with van der Waals surface area (Å²) < 4.78 is 7.81. The number of anilines is 1. The third-order valence-electron chi connectivity index (χ3n) is 4.70. The number of nitrogens with zero attached hydrogens (tertiary/aromatic N) is 5. The van der Waals surface area contributed by atoms with Crippen molar-refractivity contribution in [2.45, 2.75) is 57.6 Å². The van der Waals surface area contributed by atoms with Crippen LogP contribution in [0.5, 0.6) is 0 Å². The van der Waals surface area contributed by atoms with E-state index in [1.54, 1.807) is 0 Å². The molecule has 1 aromatic heterocycles. The zero-order chi connectivity index (χ0) is 15.6. The van der Waals surface area contributed by atoms with Crippen LogP contribution in [0, 0.1) is 18.3 Å². The van der Waals surface area contributed by atoms with Crippen molar-refractivity contribution in [3.05, 3.63) is 0 Å². The van der Waals surface area contributed by atoms with Crippen molar-refractivity contribution in [3.8, 4) is 12.3 Å². The summed E-state index contributed by atoms with van der Waals surface area (Å²) >= 11 is 0. The smallest absolute Gasteiger partial charge is 0.245 e. The van der Waals surface area contributed by atoms with E-state index in [4.69, 9.17) is 11.2 Å². The summed E-state index contributed by atoms with van der Waals surface area (Å²) in [4.78, 5) is 2.30. The van der Waals surface area contributed by atoms with Crippen molar-refractivity contribution >= 4 is 5.95 Å². The molecule has 1 aromatic rings. The summed E-state index contributed by atoms with van der Waals surface area (Å²) in [6.45, 7) is 6.99. The maximum Gasteiger partial charge on any atom is 0.245 e. The molecule has 2 aliphatic rings. The van der Waals surface area contributed by atoms with Crippen LogP contribution in [0.3, 0.4) is 0 Å². The molecule has 22 heavy (non-hydrogen) atoms. The highest BCUT2D eigenvalue weighted by Crippen LogP contribution is 2.34. The van der Waals surface area contributed by atoms with E-state index in [-0.39, 0.29) is 5.60 Å². The van der Waals surface area contributed by atoms with Gasteiger partial charge in [-0.05, 0) is 55.9 Å². The van der Waals surface area contributed by atoms with E-state index in [1.807, 2.05) is 4.68 Å². The van der Waals surface area contributed by atoms with Crippen molar-refractivity contribution < 1.29 is 4.74 Å². The SMILES string of the molecule is C#CCC1CCCN(c2nnnn2C2CCOC(C)(C)C2)C1. The highest BCUT2D eigenvalue weighted by atomic mass is 16.5. The first-order valence-corrected chi connectivity index (χ1v) is 8.19. The first kappa shape index (κ1) is 15.3. The van der Waals surface area contributed by atoms with Crippen molar-refractivity contribution in [2.24, 2.45) is 5.92 Å². The molecule has 0 radical (unpaired) electrons. The maximum absolute atomic E-state index is 5.81. The monoisotopic (exact) mass is 303 g/mol. The molecule has 0 N–H and O–H groups in total. The zero-order valence-corrected chi connectivity index (χ0v) is 13.5. The Hall–Kier alpha value is -1.61. The number of terminal acetylenes is 1. The van der Waals surface area contributed by atoms with Gasteiger partial charge in [0.15, 0.2) is 0 Å². The van der Waals surface area contributed by atoms with Crippen LogP contribution >= 0.6 is 0 Å². The van der Waals surface area contributed by atoms with Gasteiger partial charge in [0.25, 0.3) is 0 Å². The average Bonchev–Trinajstić information content (AvgIpc) is 2.96. The minimum atomic E-state index is -0.111. The van der Waals surface area contributed by atoms with Crippen LogP contribution in [0.1, 0.15) is 52.0 Å². The molecule has 2 saturated heterocycles. The molecule has 0 bridgehead atoms. The van der Waals surface area contributed by atoms with Crippen LogP contribution in [-0.4, -0.2) is 45.5 Å². The lowest BCUT2D eigenvalue weighted by Crippen LogP contribution is -2.40. The average molecular weight is 303 g/mol. The quantitative estimate of drug-likeness (QED) is 0.800. The molecule has 2 unspecified atom stereocenters. The molecule has 2 fully saturated rings. The topological polar surface area (TPSA) is 56.1 Å². The lowest BCUT2D eigenvalue weighted by molar-refractivity contribution is -0.0708. The second kappa shape index (κ2) is 6.25. The molecule has 0 aliphatic carbocycles. The molecule has 2 atom stereocenters. The zero-order valence-electron chi connectivity index (χ0n) is 13.5. The van der Waals surface area contributed by atoms with Gasteiger partial charge >= 0.3 is 0 Å². The van der Waals surface area contributed by atoms with E-state index in [9.17, 15) is 0 Å². The Morgan fingerprint density at radius 3 is 3.05 bits per heavy atom. The van der Waals surface area contributed by atoms with Crippen LogP contribution in [0.15, 0.2) is 0 Å². The number of aromatic nitrogens is 4. The van der Waals surface area contributed by atoms with E-state index >= 15 is 0 Å². The van der Waals surface area contributed by atoms with Crippen molar-refractivity contribution in [3.63, 3.8) is 0 Å². The first-order chi connectivity index (χ1) is 10.6. The number of hydrogen-bond donors (Lipinski definition) is 0. The Balaban J connectivity index is 1.76. The molecule has 0 aromatic carbocycles. The summed E-state index contributed by atoms with van der Waals surface area (Å²) in [5.41, 5.74) is -0.111. The van der Waals surface area contributed by atoms with Gasteiger partial charge in [-0.1, -0.05) is 5.10 Å². The van der Waals surface area contributed by atoms with Crippen LogP contribution in [0.4, 0.5) is 5.95 Å². The van der Waals surface area contributed by atoms with Crippen LogP contribution in [-0.2, 0) is 4.74 Å². The van der Waals surface area contributed by atoms with Gasteiger partial charge in [0.05, 0.1) is 11.6 Å². The number of ether oxygens (including phenoxy) is 1. The largest absolute Gasteiger partial charge is 0.375 e. The third-order valence-corrected chi connectivity index (χ3v) is 4.70. The van der Waals surface area contributed by atoms with Gasteiger partial charge < -0.3 is 9.64 Å². The summed E-state index contributed by atoms with van der Waals surface area (Å²) in [7, 11) is 0. The molecule has 0 saturated carbocycles. The minimum absolute atomic E-state index is 0.111. The molecular weight excluding hydrogens is 278 g/mol. The first-order valence-electron chi connectivity index (χ1n) is 8.19. The highest BCUT2D eigenvalue weighted by Gasteiger charge is 2.33. The molecule has 3 heterocycles. The molecule has 6 nitrogen and oxygen atoms in total. The van der Waals surface area contributed by atoms with Gasteiger partial charge in [0.1, 0.15) is 0 Å². The number of tetrazole rings is 1. The number of rotatable bonds is 3. The predicted molar refractivity (Wildman–Crippen MR) is 84.5 cm³/mol. The Kier molecular flexibility index (Phi) is 4.34. The summed E-state index contributed by atoms with van der Waals surface area (Å²) in [5, 5.41) is 12.5. The number of hydrogen-bond acceptors (Lipinski definition) is 5. The van der Waals surface area contributed by atoms with E-state index in [1.165, 1.54) is 6.42 Å². The molecule has 0 amide bonds. The molecule has 3 rings (SSSR count). The Labute approximate surface area is 132 Å². The fraction of sp³-hybridized carbons (Fsp3) is 0.812. The summed E-state index contributed by atoms with van der Waals surface area (Å²) in [6.07, 6.45) is 10.6.